The second-order valence-corrected chi connectivity index (χ2v) is 3.90. The molecular formula is C8H11NOS. The van der Waals surface area contributed by atoms with Gasteiger partial charge in [0.15, 0.2) is 0 Å². The molecule has 60 valence electrons. The van der Waals surface area contributed by atoms with Crippen LogP contribution in [0.4, 0.5) is 0 Å². The van der Waals surface area contributed by atoms with Crippen LogP contribution in [0.5, 0.6) is 0 Å². The van der Waals surface area contributed by atoms with Crippen molar-refractivity contribution in [3.63, 3.8) is 0 Å². The van der Waals surface area contributed by atoms with Crippen LogP contribution in [0.3, 0.4) is 0 Å². The average molecular weight is 169 g/mol. The lowest BCUT2D eigenvalue weighted by molar-refractivity contribution is 0.685. The molecule has 0 spiro atoms. The molecule has 11 heavy (non-hydrogen) atoms. The number of pyridine rings is 1. The maximum absolute atomic E-state index is 10.7. The van der Waals surface area contributed by atoms with Gasteiger partial charge in [0.1, 0.15) is 0 Å². The SMILES string of the molecule is C[S@](=O)CCc1ccccn1. The normalized spacial score (nSPS) is 12.8. The molecule has 0 fully saturated rings. The van der Waals surface area contributed by atoms with Crippen molar-refractivity contribution in [2.75, 3.05) is 12.0 Å². The quantitative estimate of drug-likeness (QED) is 0.675. The highest BCUT2D eigenvalue weighted by atomic mass is 32.2. The van der Waals surface area contributed by atoms with E-state index < -0.39 is 10.8 Å². The van der Waals surface area contributed by atoms with Crippen LogP contribution in [0.2, 0.25) is 0 Å². The standard InChI is InChI=1S/C8H11NOS/c1-11(10)7-5-8-4-2-3-6-9-8/h2-4,6H,5,7H2,1H3/t11-/m0/s1. The van der Waals surface area contributed by atoms with Gasteiger partial charge in [0.25, 0.3) is 0 Å². The van der Waals surface area contributed by atoms with Crippen LogP contribution in [0, 0.1) is 0 Å². The number of hydrogen-bond acceptors (Lipinski definition) is 2. The summed E-state index contributed by atoms with van der Waals surface area (Å²) in [7, 11) is -0.706. The maximum Gasteiger partial charge on any atom is 0.0412 e. The van der Waals surface area contributed by atoms with Gasteiger partial charge in [-0.05, 0) is 12.1 Å². The largest absolute Gasteiger partial charge is 0.261 e. The molecule has 1 aromatic rings. The minimum Gasteiger partial charge on any atom is -0.261 e. The van der Waals surface area contributed by atoms with Crippen LogP contribution in [-0.2, 0) is 17.2 Å². The van der Waals surface area contributed by atoms with Gasteiger partial charge in [-0.1, -0.05) is 6.07 Å². The van der Waals surface area contributed by atoms with Crippen LogP contribution in [0.15, 0.2) is 24.4 Å². The van der Waals surface area contributed by atoms with Crippen molar-refractivity contribution in [3.8, 4) is 0 Å². The lowest BCUT2D eigenvalue weighted by Gasteiger charge is -1.95. The van der Waals surface area contributed by atoms with E-state index in [9.17, 15) is 4.21 Å². The van der Waals surface area contributed by atoms with Gasteiger partial charge in [-0.3, -0.25) is 9.19 Å². The highest BCUT2D eigenvalue weighted by Gasteiger charge is 1.94. The number of rotatable bonds is 3. The van der Waals surface area contributed by atoms with E-state index in [0.717, 1.165) is 12.1 Å². The van der Waals surface area contributed by atoms with Gasteiger partial charge in [0, 0.05) is 41.1 Å². The Morgan fingerprint density at radius 1 is 1.55 bits per heavy atom. The Balaban J connectivity index is 2.45. The predicted molar refractivity (Wildman–Crippen MR) is 46.9 cm³/mol. The zero-order valence-electron chi connectivity index (χ0n) is 6.49. The molecule has 1 atom stereocenters. The summed E-state index contributed by atoms with van der Waals surface area (Å²) in [4.78, 5) is 4.12. The summed E-state index contributed by atoms with van der Waals surface area (Å²) in [6.07, 6.45) is 4.28. The first kappa shape index (κ1) is 8.40. The third-order valence-corrected chi connectivity index (χ3v) is 2.15. The Kier molecular flexibility index (Phi) is 3.23. The van der Waals surface area contributed by atoms with Gasteiger partial charge in [-0.15, -0.1) is 0 Å². The van der Waals surface area contributed by atoms with Gasteiger partial charge >= 0.3 is 0 Å². The van der Waals surface area contributed by atoms with Gasteiger partial charge in [-0.2, -0.15) is 0 Å². The van der Waals surface area contributed by atoms with Crippen molar-refractivity contribution in [1.29, 1.82) is 0 Å². The van der Waals surface area contributed by atoms with Crippen molar-refractivity contribution >= 4 is 10.8 Å². The van der Waals surface area contributed by atoms with E-state index in [2.05, 4.69) is 4.98 Å². The highest BCUT2D eigenvalue weighted by Crippen LogP contribution is 1.94. The topological polar surface area (TPSA) is 30.0 Å². The number of aryl methyl sites for hydroxylation is 1. The molecule has 0 aliphatic rings. The third kappa shape index (κ3) is 3.28. The van der Waals surface area contributed by atoms with Gasteiger partial charge < -0.3 is 0 Å². The molecule has 0 aromatic carbocycles. The van der Waals surface area contributed by atoms with E-state index in [1.54, 1.807) is 12.5 Å². The van der Waals surface area contributed by atoms with Crippen molar-refractivity contribution < 1.29 is 4.21 Å². The van der Waals surface area contributed by atoms with Gasteiger partial charge in [0.2, 0.25) is 0 Å². The maximum atomic E-state index is 10.7. The van der Waals surface area contributed by atoms with E-state index in [1.807, 2.05) is 18.2 Å². The molecular weight excluding hydrogens is 158 g/mol. The summed E-state index contributed by atoms with van der Waals surface area (Å²) in [6, 6.07) is 5.78. The molecule has 0 N–H and O–H groups in total. The zero-order valence-corrected chi connectivity index (χ0v) is 7.30. The van der Waals surface area contributed by atoms with Crippen molar-refractivity contribution in [2.45, 2.75) is 6.42 Å². The van der Waals surface area contributed by atoms with Crippen LogP contribution >= 0.6 is 0 Å². The van der Waals surface area contributed by atoms with Gasteiger partial charge in [0.05, 0.1) is 0 Å². The van der Waals surface area contributed by atoms with E-state index >= 15 is 0 Å². The monoisotopic (exact) mass is 169 g/mol. The predicted octanol–water partition coefficient (Wildman–Crippen LogP) is 1.00. The Morgan fingerprint density at radius 2 is 2.36 bits per heavy atom. The summed E-state index contributed by atoms with van der Waals surface area (Å²) in [5.41, 5.74) is 1.02. The van der Waals surface area contributed by atoms with Crippen LogP contribution < -0.4 is 0 Å². The van der Waals surface area contributed by atoms with E-state index in [1.165, 1.54) is 0 Å². The third-order valence-electron chi connectivity index (χ3n) is 1.37. The molecule has 0 aliphatic heterocycles. The fourth-order valence-corrected chi connectivity index (χ4v) is 1.29. The summed E-state index contributed by atoms with van der Waals surface area (Å²) >= 11 is 0. The van der Waals surface area contributed by atoms with Crippen molar-refractivity contribution in [3.05, 3.63) is 30.1 Å². The molecule has 0 bridgehead atoms. The molecule has 0 saturated carbocycles. The smallest absolute Gasteiger partial charge is 0.0412 e. The zero-order chi connectivity index (χ0) is 8.10. The van der Waals surface area contributed by atoms with Gasteiger partial charge in [-0.25, -0.2) is 0 Å². The van der Waals surface area contributed by atoms with E-state index in [0.29, 0.717) is 5.75 Å². The lowest BCUT2D eigenvalue weighted by atomic mass is 10.3. The van der Waals surface area contributed by atoms with E-state index in [4.69, 9.17) is 0 Å². The number of hydrogen-bond donors (Lipinski definition) is 0. The molecule has 0 amide bonds. The molecule has 1 rings (SSSR count). The molecule has 1 heterocycles. The highest BCUT2D eigenvalue weighted by molar-refractivity contribution is 7.84. The lowest BCUT2D eigenvalue weighted by Crippen LogP contribution is -1.99. The van der Waals surface area contributed by atoms with Crippen molar-refractivity contribution in [1.82, 2.24) is 4.98 Å². The first-order valence-electron chi connectivity index (χ1n) is 3.49. The molecule has 2 nitrogen and oxygen atoms in total. The van der Waals surface area contributed by atoms with Crippen LogP contribution in [0.25, 0.3) is 0 Å². The number of nitrogens with zero attached hydrogens (tertiary/aromatic N) is 1. The van der Waals surface area contributed by atoms with Crippen molar-refractivity contribution in [2.24, 2.45) is 0 Å². The second-order valence-electron chi connectivity index (χ2n) is 2.35. The van der Waals surface area contributed by atoms with E-state index in [-0.39, 0.29) is 0 Å². The second kappa shape index (κ2) is 4.23. The Labute approximate surface area is 69.1 Å². The fourth-order valence-electron chi connectivity index (χ4n) is 0.794. The number of aromatic nitrogens is 1. The summed E-state index contributed by atoms with van der Waals surface area (Å²) in [5.74, 6) is 0.705. The van der Waals surface area contributed by atoms with Crippen LogP contribution in [0.1, 0.15) is 5.69 Å². The first-order valence-corrected chi connectivity index (χ1v) is 5.21. The molecule has 1 aromatic heterocycles. The fraction of sp³-hybridized carbons (Fsp3) is 0.375. The molecule has 0 aliphatic carbocycles. The summed E-state index contributed by atoms with van der Waals surface area (Å²) in [6.45, 7) is 0. The Bertz CT molecular complexity index is 235. The Morgan fingerprint density at radius 3 is 2.91 bits per heavy atom. The molecule has 0 unspecified atom stereocenters. The molecule has 0 radical (unpaired) electrons. The van der Waals surface area contributed by atoms with Crippen LogP contribution in [-0.4, -0.2) is 21.2 Å². The molecule has 3 heteroatoms. The summed E-state index contributed by atoms with van der Waals surface area (Å²) in [5, 5.41) is 0. The first-order chi connectivity index (χ1) is 5.29. The minimum atomic E-state index is -0.706. The Hall–Kier alpha value is -0.700. The summed E-state index contributed by atoms with van der Waals surface area (Å²) < 4.78 is 10.7. The minimum absolute atomic E-state index is 0.705. The molecule has 0 saturated heterocycles. The average Bonchev–Trinajstić information content (AvgIpc) is 2.03.